The number of para-hydroxylation sites is 2. The van der Waals surface area contributed by atoms with Crippen LogP contribution >= 0.6 is 0 Å². The second-order valence-electron chi connectivity index (χ2n) is 15.5. The minimum Gasteiger partial charge on any atom is -0.457 e. The Balaban J connectivity index is 1.41. The van der Waals surface area contributed by atoms with E-state index in [4.69, 9.17) is 34.1 Å². The minimum absolute atomic E-state index is 0.0124. The first kappa shape index (κ1) is 21.4. The quantitative estimate of drug-likeness (QED) is 0.123. The zero-order valence-corrected chi connectivity index (χ0v) is 32.6. The molecule has 2 heterocycles. The first-order chi connectivity index (χ1) is 35.9. The molecule has 2 nitrogen and oxygen atoms in total. The van der Waals surface area contributed by atoms with E-state index in [-0.39, 0.29) is 50.4 Å². The highest BCUT2D eigenvalue weighted by atomic mass is 28.3. The van der Waals surface area contributed by atoms with Gasteiger partial charge in [0, 0.05) is 64.7 Å². The topological polar surface area (TPSA) is 18.5 Å². The maximum Gasteiger partial charge on any atom is 0.184 e. The molecule has 288 valence electrons. The van der Waals surface area contributed by atoms with Crippen LogP contribution in [0.4, 0.5) is 0 Å². The number of ether oxygens (including phenoxy) is 2. The van der Waals surface area contributed by atoms with E-state index in [2.05, 4.69) is 0 Å². The van der Waals surface area contributed by atoms with Gasteiger partial charge in [-0.25, -0.2) is 0 Å². The molecule has 10 rings (SSSR count). The molecular formula is C55H52O2Si. The van der Waals surface area contributed by atoms with E-state index in [1.54, 1.807) is 36.4 Å². The summed E-state index contributed by atoms with van der Waals surface area (Å²) in [5, 5.41) is 2.28. The van der Waals surface area contributed by atoms with Gasteiger partial charge in [-0.15, -0.1) is 0 Å². The van der Waals surface area contributed by atoms with Crippen molar-refractivity contribution in [3.63, 3.8) is 0 Å². The van der Waals surface area contributed by atoms with Crippen LogP contribution in [0.5, 0.6) is 23.0 Å². The van der Waals surface area contributed by atoms with E-state index in [0.29, 0.717) is 52.0 Å². The van der Waals surface area contributed by atoms with Gasteiger partial charge in [0.15, 0.2) is 8.07 Å². The third-order valence-corrected chi connectivity index (χ3v) is 17.0. The van der Waals surface area contributed by atoms with Gasteiger partial charge in [-0.1, -0.05) is 180 Å². The smallest absolute Gasteiger partial charge is 0.184 e. The maximum absolute atomic E-state index is 10.2. The Labute approximate surface area is 372 Å². The monoisotopic (exact) mass is 791 g/mol. The highest BCUT2D eigenvalue weighted by Gasteiger charge is 2.47. The first-order valence-corrected chi connectivity index (χ1v) is 21.6. The second-order valence-corrected chi connectivity index (χ2v) is 19.3. The normalized spacial score (nSPS) is 23.0. The van der Waals surface area contributed by atoms with Crippen molar-refractivity contribution in [1.82, 2.24) is 0 Å². The van der Waals surface area contributed by atoms with Crippen LogP contribution in [-0.4, -0.2) is 8.07 Å². The lowest BCUT2D eigenvalue weighted by atomic mass is 9.73. The van der Waals surface area contributed by atoms with Gasteiger partial charge in [-0.2, -0.15) is 0 Å². The third kappa shape index (κ3) is 5.50. The van der Waals surface area contributed by atoms with E-state index in [1.807, 2.05) is 66.7 Å². The van der Waals surface area contributed by atoms with Crippen molar-refractivity contribution >= 4 is 28.8 Å². The number of aryl methyl sites for hydroxylation is 2. The van der Waals surface area contributed by atoms with Crippen LogP contribution in [0.2, 0.25) is 0 Å². The van der Waals surface area contributed by atoms with Gasteiger partial charge in [-0.3, -0.25) is 0 Å². The summed E-state index contributed by atoms with van der Waals surface area (Å²) in [6, 6.07) is 40.6. The first-order valence-electron chi connectivity index (χ1n) is 29.1. The summed E-state index contributed by atoms with van der Waals surface area (Å²) in [5.41, 5.74) is -6.94. The molecule has 1 saturated carbocycles. The van der Waals surface area contributed by atoms with Crippen molar-refractivity contribution < 1.29 is 35.5 Å². The molecule has 0 radical (unpaired) electrons. The van der Waals surface area contributed by atoms with Gasteiger partial charge < -0.3 is 9.47 Å². The van der Waals surface area contributed by atoms with Gasteiger partial charge in [0.1, 0.15) is 23.0 Å². The molecule has 3 aliphatic rings. The molecule has 7 aromatic carbocycles. The lowest BCUT2D eigenvalue weighted by Gasteiger charge is -2.41. The van der Waals surface area contributed by atoms with Crippen molar-refractivity contribution in [1.29, 1.82) is 0 Å². The average Bonchev–Trinajstić information content (AvgIpc) is 3.96. The largest absolute Gasteiger partial charge is 0.457 e. The Kier molecular flexibility index (Phi) is 5.07. The van der Waals surface area contributed by atoms with E-state index in [1.165, 1.54) is 24.3 Å². The molecule has 7 aromatic rings. The van der Waals surface area contributed by atoms with Gasteiger partial charge in [0.05, 0.1) is 0 Å². The van der Waals surface area contributed by atoms with E-state index in [9.17, 15) is 1.37 Å². The molecule has 0 spiro atoms. The van der Waals surface area contributed by atoms with Crippen LogP contribution in [0.25, 0.3) is 11.1 Å². The molecule has 0 bridgehead atoms. The fraction of sp³-hybridized carbons (Fsp3) is 0.236. The standard InChI is InChI=1S/C55H52O2Si/c1-36-28-32-45-49(34-36)57-53-47(55(45,5)6)33-29-37(2)51(53)43-35-41(30-31-42(43)38-18-13-14-19-38)58(39-20-9-7-10-21-39,40-22-11-8-12-23-40)50-27-17-25-46-52(50)56-48-26-16-15-24-44(48)54(46,3)4/h7-12,15-17,20-35,38H,13-14,18-19H2,1-6H3/i1D3,2D3,3D3,4D3,5D3,6D3,38D. The molecule has 0 N–H and O–H groups in total. The predicted molar refractivity (Wildman–Crippen MR) is 243 cm³/mol. The molecule has 0 amide bonds. The summed E-state index contributed by atoms with van der Waals surface area (Å²) in [6.07, 6.45) is 1.90. The van der Waals surface area contributed by atoms with Gasteiger partial charge in [-0.05, 0) is 87.6 Å². The summed E-state index contributed by atoms with van der Waals surface area (Å²) in [4.78, 5) is 0. The maximum atomic E-state index is 10.2. The van der Waals surface area contributed by atoms with Crippen LogP contribution in [0.1, 0.15) is 124 Å². The van der Waals surface area contributed by atoms with Crippen molar-refractivity contribution in [2.75, 3.05) is 0 Å². The van der Waals surface area contributed by atoms with Crippen molar-refractivity contribution in [2.24, 2.45) is 0 Å². The molecule has 0 aromatic heterocycles. The highest BCUT2D eigenvalue weighted by molar-refractivity contribution is 7.20. The fourth-order valence-electron chi connectivity index (χ4n) is 9.49. The number of rotatable bonds is 6. The molecule has 0 atom stereocenters. The third-order valence-electron chi connectivity index (χ3n) is 12.2. The average molecular weight is 792 g/mol. The van der Waals surface area contributed by atoms with Crippen LogP contribution in [0, 0.1) is 13.7 Å². The fourth-order valence-corrected chi connectivity index (χ4v) is 14.4. The van der Waals surface area contributed by atoms with E-state index in [0.717, 1.165) is 24.3 Å². The Morgan fingerprint density at radius 2 is 1.19 bits per heavy atom. The Morgan fingerprint density at radius 1 is 0.552 bits per heavy atom. The molecular weight excluding hydrogens is 721 g/mol. The van der Waals surface area contributed by atoms with Crippen LogP contribution in [0.3, 0.4) is 0 Å². The van der Waals surface area contributed by atoms with Crippen molar-refractivity contribution in [2.45, 2.75) is 83.5 Å². The molecule has 0 saturated heterocycles. The van der Waals surface area contributed by atoms with Gasteiger partial charge >= 0.3 is 0 Å². The Bertz CT molecular complexity index is 3350. The van der Waals surface area contributed by atoms with Gasteiger partial charge in [0.2, 0.25) is 0 Å². The van der Waals surface area contributed by atoms with Crippen LogP contribution in [0.15, 0.2) is 152 Å². The summed E-state index contributed by atoms with van der Waals surface area (Å²) in [6.45, 7) is -19.0. The second kappa shape index (κ2) is 13.7. The Hall–Kier alpha value is -5.64. The van der Waals surface area contributed by atoms with Gasteiger partial charge in [0.25, 0.3) is 0 Å². The highest BCUT2D eigenvalue weighted by Crippen LogP contribution is 2.54. The number of fused-ring (bicyclic) bond motifs is 4. The molecule has 1 aliphatic carbocycles. The lowest BCUT2D eigenvalue weighted by Crippen LogP contribution is -2.75. The SMILES string of the molecule is [2H]C([2H])([2H])c1ccc2c(c1)Oc1c(ccc(C([2H])([2H])[2H])c1-c1cc([Si](c3ccccc3)(c3ccccc3)c3cccc4c3Oc3ccccc3C4(C([2H])([2H])[2H])C([2H])([2H])[2H])ccc1C1([2H])CCCC1)C2(C([2H])([2H])[2H])C([2H])([2H])[2H]. The van der Waals surface area contributed by atoms with Crippen molar-refractivity contribution in [3.8, 4) is 34.1 Å². The Morgan fingerprint density at radius 3 is 1.90 bits per heavy atom. The molecule has 2 aliphatic heterocycles. The minimum atomic E-state index is -4.18. The summed E-state index contributed by atoms with van der Waals surface area (Å²) in [5.74, 6) is -2.26. The predicted octanol–water partition coefficient (Wildman–Crippen LogP) is 11.9. The number of benzene rings is 7. The lowest BCUT2D eigenvalue weighted by molar-refractivity contribution is 0.419. The van der Waals surface area contributed by atoms with Crippen molar-refractivity contribution in [3.05, 3.63) is 191 Å². The summed E-state index contributed by atoms with van der Waals surface area (Å²) in [7, 11) is -4.18. The molecule has 58 heavy (non-hydrogen) atoms. The zero-order valence-electron chi connectivity index (χ0n) is 50.6. The van der Waals surface area contributed by atoms with Crippen LogP contribution < -0.4 is 30.2 Å². The van der Waals surface area contributed by atoms with E-state index >= 15 is 0 Å². The van der Waals surface area contributed by atoms with Crippen LogP contribution in [-0.2, 0) is 10.8 Å². The number of hydrogen-bond acceptors (Lipinski definition) is 2. The molecule has 3 heteroatoms. The van der Waals surface area contributed by atoms with E-state index < -0.39 is 83.0 Å². The molecule has 0 unspecified atom stereocenters. The number of hydrogen-bond donors (Lipinski definition) is 0. The summed E-state index contributed by atoms with van der Waals surface area (Å²) >= 11 is 0. The zero-order chi connectivity index (χ0) is 55.7. The summed E-state index contributed by atoms with van der Waals surface area (Å²) < 4.78 is 186. The molecule has 1 fully saturated rings.